The van der Waals surface area contributed by atoms with Gasteiger partial charge in [-0.3, -0.25) is 9.79 Å². The molecular weight excluding hydrogens is 288 g/mol. The average Bonchev–Trinajstić information content (AvgIpc) is 2.58. The maximum Gasteiger partial charge on any atom is 0.248 e. The molecule has 5 nitrogen and oxygen atoms in total. The molecule has 0 aromatic heterocycles. The van der Waals surface area contributed by atoms with E-state index < -0.39 is 0 Å². The van der Waals surface area contributed by atoms with Crippen LogP contribution in [0.2, 0.25) is 0 Å². The number of benzene rings is 2. The molecule has 0 aliphatic carbocycles. The minimum Gasteiger partial charge on any atom is -0.404 e. The zero-order valence-electron chi connectivity index (χ0n) is 12.5. The monoisotopic (exact) mass is 306 g/mol. The molecule has 0 atom stereocenters. The third kappa shape index (κ3) is 5.17. The standard InChI is InChI=1S/C18H18N4O/c19-12-14(13-21-15-6-2-1-3-7-15)10-11-18(23)22-17-9-5-4-8-16(17)20/h1-13H,19-20H2,(H,22,23)/b11-10+,14-12?,21-13?. The quantitative estimate of drug-likeness (QED) is 0.343. The number of allylic oxidation sites excluding steroid dienone is 2. The molecule has 0 fully saturated rings. The van der Waals surface area contributed by atoms with Gasteiger partial charge in [-0.2, -0.15) is 0 Å². The first-order valence-electron chi connectivity index (χ1n) is 7.03. The number of hydrogen-bond donors (Lipinski definition) is 3. The Morgan fingerprint density at radius 2 is 1.70 bits per heavy atom. The van der Waals surface area contributed by atoms with Gasteiger partial charge >= 0.3 is 0 Å². The van der Waals surface area contributed by atoms with Crippen molar-refractivity contribution in [2.24, 2.45) is 10.7 Å². The number of nitrogens with one attached hydrogen (secondary N) is 1. The summed E-state index contributed by atoms with van der Waals surface area (Å²) in [6.45, 7) is 0. The van der Waals surface area contributed by atoms with E-state index in [1.54, 1.807) is 36.6 Å². The molecule has 1 amide bonds. The van der Waals surface area contributed by atoms with Crippen molar-refractivity contribution >= 4 is 29.2 Å². The molecule has 0 saturated carbocycles. The Morgan fingerprint density at radius 3 is 2.39 bits per heavy atom. The normalized spacial score (nSPS) is 11.9. The van der Waals surface area contributed by atoms with E-state index in [9.17, 15) is 4.79 Å². The molecule has 0 bridgehead atoms. The SMILES string of the molecule is NC=C(C=Nc1ccccc1)/C=C/C(=O)Nc1ccccc1N. The van der Waals surface area contributed by atoms with Crippen molar-refractivity contribution in [3.05, 3.63) is 78.5 Å². The lowest BCUT2D eigenvalue weighted by atomic mass is 10.2. The lowest BCUT2D eigenvalue weighted by molar-refractivity contribution is -0.111. The van der Waals surface area contributed by atoms with Crippen LogP contribution < -0.4 is 16.8 Å². The molecule has 2 aromatic rings. The number of rotatable bonds is 5. The average molecular weight is 306 g/mol. The molecule has 0 aliphatic rings. The van der Waals surface area contributed by atoms with E-state index in [2.05, 4.69) is 10.3 Å². The molecule has 0 unspecified atom stereocenters. The first-order chi connectivity index (χ1) is 11.2. The molecule has 0 saturated heterocycles. The lowest BCUT2D eigenvalue weighted by Crippen LogP contribution is -2.09. The summed E-state index contributed by atoms with van der Waals surface area (Å²) in [7, 11) is 0. The van der Waals surface area contributed by atoms with Crippen LogP contribution in [0, 0.1) is 0 Å². The van der Waals surface area contributed by atoms with Crippen molar-refractivity contribution in [3.8, 4) is 0 Å². The summed E-state index contributed by atoms with van der Waals surface area (Å²) in [6, 6.07) is 16.5. The number of carbonyl (C=O) groups is 1. The van der Waals surface area contributed by atoms with E-state index >= 15 is 0 Å². The Kier molecular flexibility index (Phi) is 5.71. The van der Waals surface area contributed by atoms with E-state index in [0.717, 1.165) is 5.69 Å². The van der Waals surface area contributed by atoms with Crippen molar-refractivity contribution in [1.29, 1.82) is 0 Å². The lowest BCUT2D eigenvalue weighted by Gasteiger charge is -2.04. The zero-order valence-corrected chi connectivity index (χ0v) is 12.5. The van der Waals surface area contributed by atoms with E-state index in [0.29, 0.717) is 16.9 Å². The highest BCUT2D eigenvalue weighted by Crippen LogP contribution is 2.16. The summed E-state index contributed by atoms with van der Waals surface area (Å²) in [4.78, 5) is 16.2. The third-order valence-electron chi connectivity index (χ3n) is 2.96. The molecule has 5 heteroatoms. The fourth-order valence-electron chi connectivity index (χ4n) is 1.76. The van der Waals surface area contributed by atoms with Crippen LogP contribution in [0.4, 0.5) is 17.1 Å². The predicted molar refractivity (Wildman–Crippen MR) is 95.5 cm³/mol. The van der Waals surface area contributed by atoms with Crippen LogP contribution in [0.3, 0.4) is 0 Å². The van der Waals surface area contributed by atoms with Gasteiger partial charge < -0.3 is 16.8 Å². The Balaban J connectivity index is 1.98. The second kappa shape index (κ2) is 8.19. The summed E-state index contributed by atoms with van der Waals surface area (Å²) < 4.78 is 0. The van der Waals surface area contributed by atoms with E-state index in [1.807, 2.05) is 30.3 Å². The van der Waals surface area contributed by atoms with Crippen LogP contribution in [0.1, 0.15) is 0 Å². The molecule has 116 valence electrons. The largest absolute Gasteiger partial charge is 0.404 e. The minimum absolute atomic E-state index is 0.296. The molecule has 2 rings (SSSR count). The summed E-state index contributed by atoms with van der Waals surface area (Å²) in [5, 5.41) is 2.70. The molecule has 23 heavy (non-hydrogen) atoms. The number of anilines is 2. The van der Waals surface area contributed by atoms with E-state index in [4.69, 9.17) is 11.5 Å². The summed E-state index contributed by atoms with van der Waals surface area (Å²) >= 11 is 0. The van der Waals surface area contributed by atoms with Gasteiger partial charge in [0, 0.05) is 24.1 Å². The molecular formula is C18H18N4O. The fourth-order valence-corrected chi connectivity index (χ4v) is 1.76. The van der Waals surface area contributed by atoms with Gasteiger partial charge in [0.15, 0.2) is 0 Å². The van der Waals surface area contributed by atoms with Crippen LogP contribution in [0.15, 0.2) is 83.5 Å². The second-order valence-electron chi connectivity index (χ2n) is 4.67. The van der Waals surface area contributed by atoms with Crippen LogP contribution in [-0.2, 0) is 4.79 Å². The van der Waals surface area contributed by atoms with Crippen molar-refractivity contribution in [2.75, 3.05) is 11.1 Å². The first kappa shape index (κ1) is 16.0. The Hall–Kier alpha value is -3.34. The maximum atomic E-state index is 11.9. The first-order valence-corrected chi connectivity index (χ1v) is 7.03. The van der Waals surface area contributed by atoms with E-state index in [1.165, 1.54) is 12.3 Å². The van der Waals surface area contributed by atoms with Gasteiger partial charge in [0.05, 0.1) is 17.1 Å². The molecule has 0 heterocycles. The maximum absolute atomic E-state index is 11.9. The second-order valence-corrected chi connectivity index (χ2v) is 4.67. The molecule has 2 aromatic carbocycles. The number of aliphatic imine (C=N–C) groups is 1. The van der Waals surface area contributed by atoms with Crippen LogP contribution in [-0.4, -0.2) is 12.1 Å². The summed E-state index contributed by atoms with van der Waals surface area (Å²) in [5.41, 5.74) is 13.8. The van der Waals surface area contributed by atoms with Crippen molar-refractivity contribution in [2.45, 2.75) is 0 Å². The summed E-state index contributed by atoms with van der Waals surface area (Å²) in [6.07, 6.45) is 5.94. The fraction of sp³-hybridized carbons (Fsp3) is 0. The number of para-hydroxylation sites is 3. The summed E-state index contributed by atoms with van der Waals surface area (Å²) in [5.74, 6) is -0.296. The van der Waals surface area contributed by atoms with Crippen molar-refractivity contribution in [3.63, 3.8) is 0 Å². The van der Waals surface area contributed by atoms with Crippen molar-refractivity contribution < 1.29 is 4.79 Å². The van der Waals surface area contributed by atoms with Crippen LogP contribution in [0.25, 0.3) is 0 Å². The van der Waals surface area contributed by atoms with Gasteiger partial charge in [-0.05, 0) is 30.3 Å². The van der Waals surface area contributed by atoms with Crippen molar-refractivity contribution in [1.82, 2.24) is 0 Å². The predicted octanol–water partition coefficient (Wildman–Crippen LogP) is 3.01. The highest BCUT2D eigenvalue weighted by Gasteiger charge is 2.00. The highest BCUT2D eigenvalue weighted by atomic mass is 16.1. The van der Waals surface area contributed by atoms with Gasteiger partial charge in [-0.15, -0.1) is 0 Å². The zero-order chi connectivity index (χ0) is 16.5. The number of hydrogen-bond acceptors (Lipinski definition) is 4. The van der Waals surface area contributed by atoms with Gasteiger partial charge in [0.2, 0.25) is 5.91 Å². The number of nitrogens with zero attached hydrogens (tertiary/aromatic N) is 1. The van der Waals surface area contributed by atoms with Gasteiger partial charge in [-0.25, -0.2) is 0 Å². The van der Waals surface area contributed by atoms with E-state index in [-0.39, 0.29) is 5.91 Å². The Morgan fingerprint density at radius 1 is 1.00 bits per heavy atom. The van der Waals surface area contributed by atoms with Gasteiger partial charge in [-0.1, -0.05) is 30.3 Å². The third-order valence-corrected chi connectivity index (χ3v) is 2.96. The van der Waals surface area contributed by atoms with Gasteiger partial charge in [0.1, 0.15) is 0 Å². The number of nitrogens with two attached hydrogens (primary N) is 2. The molecule has 5 N–H and O–H groups in total. The Labute approximate surface area is 135 Å². The number of amides is 1. The van der Waals surface area contributed by atoms with Gasteiger partial charge in [0.25, 0.3) is 0 Å². The number of carbonyl (C=O) groups excluding carboxylic acids is 1. The smallest absolute Gasteiger partial charge is 0.248 e. The van der Waals surface area contributed by atoms with Crippen LogP contribution in [0.5, 0.6) is 0 Å². The molecule has 0 radical (unpaired) electrons. The minimum atomic E-state index is -0.296. The number of nitrogen functional groups attached to an aromatic ring is 1. The van der Waals surface area contributed by atoms with Crippen LogP contribution >= 0.6 is 0 Å². The highest BCUT2D eigenvalue weighted by molar-refractivity contribution is 6.02. The molecule has 0 spiro atoms. The Bertz CT molecular complexity index is 749. The topological polar surface area (TPSA) is 93.5 Å². The molecule has 0 aliphatic heterocycles.